The fraction of sp³-hybridized carbons (Fsp3) is 0.300. The molecular formula is C10H10O5. The quantitative estimate of drug-likeness (QED) is 0.754. The fourth-order valence-corrected chi connectivity index (χ4v) is 1.45. The summed E-state index contributed by atoms with van der Waals surface area (Å²) in [5.74, 6) is -0.454. The number of hydrogen-bond donors (Lipinski definition) is 2. The molecule has 2 N–H and O–H groups in total. The van der Waals surface area contributed by atoms with Crippen LogP contribution in [0.2, 0.25) is 0 Å². The monoisotopic (exact) mass is 210 g/mol. The van der Waals surface area contributed by atoms with Crippen LogP contribution < -0.4 is 9.47 Å². The van der Waals surface area contributed by atoms with E-state index in [1.54, 1.807) is 6.07 Å². The van der Waals surface area contributed by atoms with Gasteiger partial charge in [-0.3, -0.25) is 4.79 Å². The second kappa shape index (κ2) is 3.68. The molecule has 2 rings (SSSR count). The maximum atomic E-state index is 10.5. The van der Waals surface area contributed by atoms with E-state index < -0.39 is 5.97 Å². The number of carbonyl (C=O) groups is 1. The topological polar surface area (TPSA) is 76.0 Å². The van der Waals surface area contributed by atoms with E-state index >= 15 is 0 Å². The molecule has 0 saturated carbocycles. The molecule has 0 saturated heterocycles. The van der Waals surface area contributed by atoms with Crippen LogP contribution in [0.1, 0.15) is 5.56 Å². The van der Waals surface area contributed by atoms with E-state index in [1.165, 1.54) is 6.07 Å². The number of carboxylic acids is 1. The summed E-state index contributed by atoms with van der Waals surface area (Å²) in [4.78, 5) is 10.5. The number of phenolic OH excluding ortho intramolecular Hbond substituents is 1. The van der Waals surface area contributed by atoms with Gasteiger partial charge >= 0.3 is 5.97 Å². The van der Waals surface area contributed by atoms with E-state index in [1.807, 2.05) is 0 Å². The predicted molar refractivity (Wildman–Crippen MR) is 50.4 cm³/mol. The second-order valence-electron chi connectivity index (χ2n) is 3.17. The maximum Gasteiger partial charge on any atom is 0.307 e. The van der Waals surface area contributed by atoms with E-state index in [2.05, 4.69) is 0 Å². The third kappa shape index (κ3) is 1.81. The molecular weight excluding hydrogens is 200 g/mol. The summed E-state index contributed by atoms with van der Waals surface area (Å²) in [6.45, 7) is 0.793. The highest BCUT2D eigenvalue weighted by molar-refractivity contribution is 5.72. The second-order valence-corrected chi connectivity index (χ2v) is 3.17. The maximum absolute atomic E-state index is 10.5. The van der Waals surface area contributed by atoms with E-state index in [-0.39, 0.29) is 17.9 Å². The van der Waals surface area contributed by atoms with E-state index in [4.69, 9.17) is 14.6 Å². The molecule has 1 aromatic rings. The lowest BCUT2D eigenvalue weighted by molar-refractivity contribution is -0.136. The van der Waals surface area contributed by atoms with Crippen LogP contribution in [-0.2, 0) is 11.2 Å². The summed E-state index contributed by atoms with van der Waals surface area (Å²) < 4.78 is 10.4. The number of hydrogen-bond acceptors (Lipinski definition) is 4. The Kier molecular flexibility index (Phi) is 2.37. The first-order valence-corrected chi connectivity index (χ1v) is 4.50. The lowest BCUT2D eigenvalue weighted by atomic mass is 10.1. The van der Waals surface area contributed by atoms with Crippen molar-refractivity contribution >= 4 is 5.97 Å². The normalized spacial score (nSPS) is 13.6. The molecule has 1 heterocycles. The largest absolute Gasteiger partial charge is 0.504 e. The summed E-state index contributed by atoms with van der Waals surface area (Å²) in [7, 11) is 0. The number of fused-ring (bicyclic) bond motifs is 1. The van der Waals surface area contributed by atoms with Crippen LogP contribution in [0.5, 0.6) is 17.2 Å². The van der Waals surface area contributed by atoms with Gasteiger partial charge in [0.2, 0.25) is 5.75 Å². The van der Waals surface area contributed by atoms with Crippen LogP contribution in [0.25, 0.3) is 0 Å². The first kappa shape index (κ1) is 9.64. The minimum absolute atomic E-state index is 0.144. The van der Waals surface area contributed by atoms with Crippen molar-refractivity contribution in [2.75, 3.05) is 13.2 Å². The van der Waals surface area contributed by atoms with Crippen molar-refractivity contribution in [3.05, 3.63) is 17.7 Å². The van der Waals surface area contributed by atoms with Gasteiger partial charge in [0.15, 0.2) is 11.5 Å². The zero-order valence-electron chi connectivity index (χ0n) is 7.90. The smallest absolute Gasteiger partial charge is 0.307 e. The summed E-state index contributed by atoms with van der Waals surface area (Å²) in [6, 6.07) is 3.13. The average Bonchev–Trinajstić information content (AvgIpc) is 2.22. The van der Waals surface area contributed by atoms with E-state index in [9.17, 15) is 9.90 Å². The van der Waals surface area contributed by atoms with Crippen LogP contribution in [0.3, 0.4) is 0 Å². The number of ether oxygens (including phenoxy) is 2. The summed E-state index contributed by atoms with van der Waals surface area (Å²) in [5.41, 5.74) is 0.326. The Morgan fingerprint density at radius 2 is 2.07 bits per heavy atom. The van der Waals surface area contributed by atoms with Crippen molar-refractivity contribution in [3.63, 3.8) is 0 Å². The van der Waals surface area contributed by atoms with Gasteiger partial charge in [-0.05, 0) is 6.07 Å². The Labute approximate surface area is 85.9 Å². The third-order valence-corrected chi connectivity index (χ3v) is 2.11. The fourth-order valence-electron chi connectivity index (χ4n) is 1.45. The van der Waals surface area contributed by atoms with Crippen LogP contribution in [-0.4, -0.2) is 29.4 Å². The van der Waals surface area contributed by atoms with E-state index in [0.29, 0.717) is 24.5 Å². The van der Waals surface area contributed by atoms with Crippen molar-refractivity contribution in [3.8, 4) is 17.2 Å². The molecule has 0 unspecified atom stereocenters. The Hall–Kier alpha value is -1.91. The van der Waals surface area contributed by atoms with Crippen molar-refractivity contribution in [1.82, 2.24) is 0 Å². The van der Waals surface area contributed by atoms with E-state index in [0.717, 1.165) is 0 Å². The van der Waals surface area contributed by atoms with Gasteiger partial charge in [0.05, 0.1) is 6.42 Å². The molecule has 0 spiro atoms. The van der Waals surface area contributed by atoms with Crippen molar-refractivity contribution in [1.29, 1.82) is 0 Å². The SMILES string of the molecule is O=C(O)Cc1ccc2c(c1O)OCCO2. The van der Waals surface area contributed by atoms with Crippen LogP contribution in [0.4, 0.5) is 0 Å². The molecule has 5 heteroatoms. The highest BCUT2D eigenvalue weighted by Crippen LogP contribution is 2.40. The standard InChI is InChI=1S/C10H10O5/c11-8(12)5-6-1-2-7-10(9(6)13)15-4-3-14-7/h1-2,13H,3-5H2,(H,11,12). The minimum atomic E-state index is -0.998. The highest BCUT2D eigenvalue weighted by atomic mass is 16.6. The molecule has 0 bridgehead atoms. The molecule has 0 amide bonds. The number of carboxylic acid groups (broad SMARTS) is 1. The van der Waals surface area contributed by atoms with Gasteiger partial charge in [-0.1, -0.05) is 6.07 Å². The van der Waals surface area contributed by atoms with Gasteiger partial charge in [-0.25, -0.2) is 0 Å². The van der Waals surface area contributed by atoms with Gasteiger partial charge in [0, 0.05) is 5.56 Å². The van der Waals surface area contributed by atoms with Crippen LogP contribution in [0, 0.1) is 0 Å². The number of aliphatic carboxylic acids is 1. The molecule has 1 aliphatic rings. The average molecular weight is 210 g/mol. The van der Waals surface area contributed by atoms with Gasteiger partial charge in [0.25, 0.3) is 0 Å². The predicted octanol–water partition coefficient (Wildman–Crippen LogP) is 0.791. The molecule has 15 heavy (non-hydrogen) atoms. The Morgan fingerprint density at radius 1 is 1.33 bits per heavy atom. The van der Waals surface area contributed by atoms with Gasteiger partial charge in [-0.2, -0.15) is 0 Å². The zero-order valence-corrected chi connectivity index (χ0v) is 7.90. The summed E-state index contributed by atoms with van der Waals surface area (Å²) in [5, 5.41) is 18.3. The lowest BCUT2D eigenvalue weighted by Gasteiger charge is -2.20. The molecule has 0 aromatic heterocycles. The van der Waals surface area contributed by atoms with Crippen molar-refractivity contribution in [2.45, 2.75) is 6.42 Å². The highest BCUT2D eigenvalue weighted by Gasteiger charge is 2.19. The number of rotatable bonds is 2. The Morgan fingerprint density at radius 3 is 2.80 bits per heavy atom. The van der Waals surface area contributed by atoms with Gasteiger partial charge in [0.1, 0.15) is 13.2 Å². The van der Waals surface area contributed by atoms with Crippen LogP contribution >= 0.6 is 0 Å². The Balaban J connectivity index is 2.38. The van der Waals surface area contributed by atoms with Gasteiger partial charge in [-0.15, -0.1) is 0 Å². The summed E-state index contributed by atoms with van der Waals surface area (Å²) in [6.07, 6.45) is -0.234. The van der Waals surface area contributed by atoms with Crippen molar-refractivity contribution < 1.29 is 24.5 Å². The first-order valence-electron chi connectivity index (χ1n) is 4.50. The molecule has 5 nitrogen and oxygen atoms in total. The first-order chi connectivity index (χ1) is 7.18. The molecule has 0 radical (unpaired) electrons. The minimum Gasteiger partial charge on any atom is -0.504 e. The van der Waals surface area contributed by atoms with Crippen molar-refractivity contribution in [2.24, 2.45) is 0 Å². The molecule has 1 aliphatic heterocycles. The summed E-state index contributed by atoms with van der Waals surface area (Å²) >= 11 is 0. The zero-order chi connectivity index (χ0) is 10.8. The lowest BCUT2D eigenvalue weighted by Crippen LogP contribution is -2.16. The molecule has 0 atom stereocenters. The number of phenols is 1. The number of benzene rings is 1. The molecule has 0 fully saturated rings. The Bertz CT molecular complexity index is 399. The number of aromatic hydroxyl groups is 1. The molecule has 0 aliphatic carbocycles. The molecule has 1 aromatic carbocycles. The van der Waals surface area contributed by atoms with Gasteiger partial charge < -0.3 is 19.7 Å². The molecule has 80 valence electrons. The van der Waals surface area contributed by atoms with Crippen LogP contribution in [0.15, 0.2) is 12.1 Å². The third-order valence-electron chi connectivity index (χ3n) is 2.11.